The van der Waals surface area contributed by atoms with Gasteiger partial charge in [0.15, 0.2) is 11.5 Å². The number of likely N-dealkylation sites (tertiary alicyclic amines) is 1. The monoisotopic (exact) mass is 278 g/mol. The van der Waals surface area contributed by atoms with Gasteiger partial charge in [-0.3, -0.25) is 4.90 Å². The van der Waals surface area contributed by atoms with Crippen molar-refractivity contribution in [1.82, 2.24) is 4.90 Å². The molecule has 110 valence electrons. The van der Waals surface area contributed by atoms with Crippen molar-refractivity contribution >= 4 is 5.69 Å². The Morgan fingerprint density at radius 2 is 1.95 bits per heavy atom. The first kappa shape index (κ1) is 13.5. The van der Waals surface area contributed by atoms with Crippen LogP contribution in [0.25, 0.3) is 0 Å². The molecule has 1 aromatic carbocycles. The molecule has 1 unspecified atom stereocenters. The quantitative estimate of drug-likeness (QED) is 0.818. The van der Waals surface area contributed by atoms with Crippen LogP contribution in [0.3, 0.4) is 0 Å². The van der Waals surface area contributed by atoms with E-state index in [1.54, 1.807) is 0 Å². The molecule has 0 saturated carbocycles. The van der Waals surface area contributed by atoms with Crippen molar-refractivity contribution in [2.24, 2.45) is 0 Å². The van der Waals surface area contributed by atoms with Crippen LogP contribution in [0.2, 0.25) is 0 Å². The second kappa shape index (κ2) is 5.89. The number of fused-ring (bicyclic) bond motifs is 1. The van der Waals surface area contributed by atoms with Crippen LogP contribution >= 0.6 is 0 Å². The van der Waals surface area contributed by atoms with Crippen LogP contribution in [0.5, 0.6) is 11.5 Å². The number of aliphatic hydroxyl groups is 1. The summed E-state index contributed by atoms with van der Waals surface area (Å²) in [6.45, 7) is 3.14. The van der Waals surface area contributed by atoms with Gasteiger partial charge in [-0.15, -0.1) is 0 Å². The van der Waals surface area contributed by atoms with E-state index >= 15 is 0 Å². The van der Waals surface area contributed by atoms with Gasteiger partial charge in [-0.05, 0) is 31.0 Å². The number of ether oxygens (including phenoxy) is 2. The van der Waals surface area contributed by atoms with Crippen molar-refractivity contribution in [1.29, 1.82) is 0 Å². The SMILES string of the molecule is Nc1cc2c(cc1CN1CCCCC1CO)OCCO2. The van der Waals surface area contributed by atoms with Crippen LogP contribution in [0.15, 0.2) is 12.1 Å². The zero-order valence-electron chi connectivity index (χ0n) is 11.7. The lowest BCUT2D eigenvalue weighted by Gasteiger charge is -2.35. The molecule has 0 spiro atoms. The maximum Gasteiger partial charge on any atom is 0.163 e. The van der Waals surface area contributed by atoms with Gasteiger partial charge in [-0.25, -0.2) is 0 Å². The molecular formula is C15H22N2O3. The summed E-state index contributed by atoms with van der Waals surface area (Å²) < 4.78 is 11.1. The van der Waals surface area contributed by atoms with Gasteiger partial charge in [0.05, 0.1) is 6.61 Å². The fourth-order valence-corrected chi connectivity index (χ4v) is 2.98. The average molecular weight is 278 g/mol. The van der Waals surface area contributed by atoms with Crippen LogP contribution in [-0.2, 0) is 6.54 Å². The van der Waals surface area contributed by atoms with E-state index in [0.717, 1.165) is 42.3 Å². The molecule has 1 atom stereocenters. The first-order valence-corrected chi connectivity index (χ1v) is 7.31. The van der Waals surface area contributed by atoms with E-state index < -0.39 is 0 Å². The lowest BCUT2D eigenvalue weighted by molar-refractivity contribution is 0.0841. The Labute approximate surface area is 119 Å². The molecule has 5 nitrogen and oxygen atoms in total. The van der Waals surface area contributed by atoms with Crippen molar-refractivity contribution in [2.45, 2.75) is 31.8 Å². The van der Waals surface area contributed by atoms with Gasteiger partial charge in [0.2, 0.25) is 0 Å². The van der Waals surface area contributed by atoms with Gasteiger partial charge in [0.25, 0.3) is 0 Å². The molecule has 1 fully saturated rings. The number of nitrogens with zero attached hydrogens (tertiary/aromatic N) is 1. The Morgan fingerprint density at radius 3 is 2.70 bits per heavy atom. The minimum Gasteiger partial charge on any atom is -0.486 e. The highest BCUT2D eigenvalue weighted by molar-refractivity contribution is 5.58. The van der Waals surface area contributed by atoms with Crippen molar-refractivity contribution in [3.8, 4) is 11.5 Å². The van der Waals surface area contributed by atoms with Gasteiger partial charge >= 0.3 is 0 Å². The van der Waals surface area contributed by atoms with Crippen LogP contribution in [0.1, 0.15) is 24.8 Å². The maximum absolute atomic E-state index is 9.48. The molecule has 0 amide bonds. The molecule has 20 heavy (non-hydrogen) atoms. The molecule has 0 aliphatic carbocycles. The van der Waals surface area contributed by atoms with Crippen LogP contribution in [0, 0.1) is 0 Å². The normalized spacial score (nSPS) is 22.8. The molecule has 2 aliphatic rings. The number of hydrogen-bond acceptors (Lipinski definition) is 5. The van der Waals surface area contributed by atoms with E-state index in [0.29, 0.717) is 13.2 Å². The number of hydrogen-bond donors (Lipinski definition) is 2. The van der Waals surface area contributed by atoms with Crippen molar-refractivity contribution < 1.29 is 14.6 Å². The first-order valence-electron chi connectivity index (χ1n) is 7.31. The molecule has 0 radical (unpaired) electrons. The molecule has 5 heteroatoms. The zero-order valence-corrected chi connectivity index (χ0v) is 11.7. The van der Waals surface area contributed by atoms with Crippen LogP contribution in [-0.4, -0.2) is 42.4 Å². The second-order valence-electron chi connectivity index (χ2n) is 5.50. The van der Waals surface area contributed by atoms with Crippen LogP contribution in [0.4, 0.5) is 5.69 Å². The summed E-state index contributed by atoms with van der Waals surface area (Å²) >= 11 is 0. The summed E-state index contributed by atoms with van der Waals surface area (Å²) in [6.07, 6.45) is 3.43. The van der Waals surface area contributed by atoms with Gasteiger partial charge in [-0.2, -0.15) is 0 Å². The van der Waals surface area contributed by atoms with E-state index in [4.69, 9.17) is 15.2 Å². The van der Waals surface area contributed by atoms with E-state index in [-0.39, 0.29) is 12.6 Å². The van der Waals surface area contributed by atoms with Gasteiger partial charge in [-0.1, -0.05) is 6.42 Å². The summed E-state index contributed by atoms with van der Waals surface area (Å²) in [7, 11) is 0. The largest absolute Gasteiger partial charge is 0.486 e. The Morgan fingerprint density at radius 1 is 1.20 bits per heavy atom. The smallest absolute Gasteiger partial charge is 0.163 e. The molecule has 3 rings (SSSR count). The number of benzene rings is 1. The third-order valence-corrected chi connectivity index (χ3v) is 4.14. The van der Waals surface area contributed by atoms with E-state index in [1.165, 1.54) is 12.8 Å². The number of piperidine rings is 1. The Balaban J connectivity index is 1.79. The molecule has 1 saturated heterocycles. The van der Waals surface area contributed by atoms with Crippen molar-refractivity contribution in [3.63, 3.8) is 0 Å². The second-order valence-corrected chi connectivity index (χ2v) is 5.50. The fraction of sp³-hybridized carbons (Fsp3) is 0.600. The number of rotatable bonds is 3. The Hall–Kier alpha value is -1.46. The molecule has 1 aromatic rings. The van der Waals surface area contributed by atoms with Gasteiger partial charge in [0, 0.05) is 24.3 Å². The number of nitrogen functional groups attached to an aromatic ring is 1. The lowest BCUT2D eigenvalue weighted by Crippen LogP contribution is -2.41. The molecular weight excluding hydrogens is 256 g/mol. The van der Waals surface area contributed by atoms with E-state index in [1.807, 2.05) is 12.1 Å². The zero-order chi connectivity index (χ0) is 13.9. The summed E-state index contributed by atoms with van der Waals surface area (Å²) in [5.41, 5.74) is 7.91. The number of anilines is 1. The summed E-state index contributed by atoms with van der Waals surface area (Å²) in [4.78, 5) is 2.31. The third kappa shape index (κ3) is 2.69. The molecule has 2 heterocycles. The molecule has 0 bridgehead atoms. The van der Waals surface area contributed by atoms with E-state index in [2.05, 4.69) is 4.90 Å². The maximum atomic E-state index is 9.48. The number of aliphatic hydroxyl groups excluding tert-OH is 1. The fourth-order valence-electron chi connectivity index (χ4n) is 2.98. The summed E-state index contributed by atoms with van der Waals surface area (Å²) in [6, 6.07) is 4.07. The predicted octanol–water partition coefficient (Wildman–Crippen LogP) is 1.39. The Kier molecular flexibility index (Phi) is 3.98. The predicted molar refractivity (Wildman–Crippen MR) is 77.0 cm³/mol. The highest BCUT2D eigenvalue weighted by Crippen LogP contribution is 2.35. The van der Waals surface area contributed by atoms with Gasteiger partial charge in [0.1, 0.15) is 13.2 Å². The highest BCUT2D eigenvalue weighted by Gasteiger charge is 2.23. The van der Waals surface area contributed by atoms with Crippen molar-refractivity contribution in [3.05, 3.63) is 17.7 Å². The number of nitrogens with two attached hydrogens (primary N) is 1. The summed E-state index contributed by atoms with van der Waals surface area (Å²) in [5, 5.41) is 9.48. The van der Waals surface area contributed by atoms with Gasteiger partial charge < -0.3 is 20.3 Å². The highest BCUT2D eigenvalue weighted by atomic mass is 16.6. The molecule has 0 aromatic heterocycles. The average Bonchev–Trinajstić information content (AvgIpc) is 2.48. The topological polar surface area (TPSA) is 68.0 Å². The van der Waals surface area contributed by atoms with E-state index in [9.17, 15) is 5.11 Å². The standard InChI is InChI=1S/C15H22N2O3/c16-13-8-15-14(19-5-6-20-15)7-11(13)9-17-4-2-1-3-12(17)10-18/h7-8,12,18H,1-6,9-10,16H2. The Bertz CT molecular complexity index is 478. The van der Waals surface area contributed by atoms with Crippen molar-refractivity contribution in [2.75, 3.05) is 32.1 Å². The summed E-state index contributed by atoms with van der Waals surface area (Å²) in [5.74, 6) is 1.51. The third-order valence-electron chi connectivity index (χ3n) is 4.14. The molecule has 3 N–H and O–H groups in total. The van der Waals surface area contributed by atoms with Crippen LogP contribution < -0.4 is 15.2 Å². The lowest BCUT2D eigenvalue weighted by atomic mass is 10.0. The first-order chi connectivity index (χ1) is 9.78. The molecule has 2 aliphatic heterocycles. The minimum absolute atomic E-state index is 0.213. The minimum atomic E-state index is 0.213.